The first-order chi connectivity index (χ1) is 8.73. The third-order valence-corrected chi connectivity index (χ3v) is 4.62. The molecule has 0 aliphatic carbocycles. The van der Waals surface area contributed by atoms with E-state index >= 15 is 0 Å². The first kappa shape index (κ1) is 13.6. The molecule has 0 spiro atoms. The van der Waals surface area contributed by atoms with Gasteiger partial charge in [0.2, 0.25) is 0 Å². The van der Waals surface area contributed by atoms with Crippen molar-refractivity contribution >= 4 is 0 Å². The number of nitrogens with zero attached hydrogens (tertiary/aromatic N) is 1. The summed E-state index contributed by atoms with van der Waals surface area (Å²) in [5.74, 6) is 0. The number of aliphatic hydroxyl groups is 1. The highest BCUT2D eigenvalue weighted by Gasteiger charge is 2.42. The smallest absolute Gasteiger partial charge is 0.0590 e. The molecule has 1 aliphatic rings. The molecule has 100 valence electrons. The Balaban J connectivity index is 1.92. The Labute approximate surface area is 111 Å². The largest absolute Gasteiger partial charge is 0.395 e. The monoisotopic (exact) mass is 247 g/mol. The molecule has 1 aliphatic heterocycles. The third kappa shape index (κ3) is 2.76. The molecule has 0 bridgehead atoms. The van der Waals surface area contributed by atoms with Crippen molar-refractivity contribution in [1.82, 2.24) is 4.90 Å². The van der Waals surface area contributed by atoms with Gasteiger partial charge in [-0.15, -0.1) is 0 Å². The Bertz CT molecular complexity index is 351. The standard InChI is InChI=1S/C16H25NO/c1-3-16(4-2)12-17(13-16)15(11-18)10-14-8-6-5-7-9-14/h5-9,15,18H,3-4,10-13H2,1-2H3/t15-/m0/s1. The summed E-state index contributed by atoms with van der Waals surface area (Å²) in [5, 5.41) is 9.60. The molecule has 1 aromatic rings. The molecule has 0 unspecified atom stereocenters. The first-order valence-electron chi connectivity index (χ1n) is 7.12. The summed E-state index contributed by atoms with van der Waals surface area (Å²) < 4.78 is 0. The fraction of sp³-hybridized carbons (Fsp3) is 0.625. The predicted molar refractivity (Wildman–Crippen MR) is 75.6 cm³/mol. The van der Waals surface area contributed by atoms with E-state index < -0.39 is 0 Å². The second-order valence-electron chi connectivity index (χ2n) is 5.64. The minimum atomic E-state index is 0.262. The number of aliphatic hydroxyl groups excluding tert-OH is 1. The van der Waals surface area contributed by atoms with Crippen LogP contribution in [0.5, 0.6) is 0 Å². The molecule has 0 amide bonds. The van der Waals surface area contributed by atoms with Crippen molar-refractivity contribution < 1.29 is 5.11 Å². The Morgan fingerprint density at radius 2 is 1.78 bits per heavy atom. The minimum Gasteiger partial charge on any atom is -0.395 e. The molecule has 0 radical (unpaired) electrons. The van der Waals surface area contributed by atoms with E-state index in [4.69, 9.17) is 0 Å². The number of likely N-dealkylation sites (tertiary alicyclic amines) is 1. The van der Waals surface area contributed by atoms with Crippen molar-refractivity contribution in [3.8, 4) is 0 Å². The Morgan fingerprint density at radius 3 is 2.28 bits per heavy atom. The lowest BCUT2D eigenvalue weighted by Gasteiger charge is -2.53. The van der Waals surface area contributed by atoms with Gasteiger partial charge in [-0.2, -0.15) is 0 Å². The second kappa shape index (κ2) is 5.85. The average molecular weight is 247 g/mol. The van der Waals surface area contributed by atoms with Gasteiger partial charge in [0.05, 0.1) is 6.61 Å². The van der Waals surface area contributed by atoms with E-state index in [1.165, 1.54) is 18.4 Å². The molecular formula is C16H25NO. The molecular weight excluding hydrogens is 222 g/mol. The fourth-order valence-electron chi connectivity index (χ4n) is 2.97. The van der Waals surface area contributed by atoms with E-state index in [1.54, 1.807) is 0 Å². The van der Waals surface area contributed by atoms with Crippen LogP contribution in [0.2, 0.25) is 0 Å². The lowest BCUT2D eigenvalue weighted by Crippen LogP contribution is -2.60. The van der Waals surface area contributed by atoms with E-state index in [0.29, 0.717) is 11.5 Å². The van der Waals surface area contributed by atoms with Gasteiger partial charge in [0.1, 0.15) is 0 Å². The number of hydrogen-bond acceptors (Lipinski definition) is 2. The summed E-state index contributed by atoms with van der Waals surface area (Å²) >= 11 is 0. The topological polar surface area (TPSA) is 23.5 Å². The summed E-state index contributed by atoms with van der Waals surface area (Å²) in [6.45, 7) is 7.13. The van der Waals surface area contributed by atoms with Crippen molar-refractivity contribution in [2.45, 2.75) is 39.2 Å². The Morgan fingerprint density at radius 1 is 1.17 bits per heavy atom. The van der Waals surface area contributed by atoms with E-state index in [2.05, 4.69) is 43.0 Å². The van der Waals surface area contributed by atoms with Crippen LogP contribution in [0.4, 0.5) is 0 Å². The normalized spacial score (nSPS) is 20.4. The molecule has 0 aromatic heterocycles. The van der Waals surface area contributed by atoms with E-state index in [9.17, 15) is 5.11 Å². The van der Waals surface area contributed by atoms with Crippen LogP contribution in [0.1, 0.15) is 32.3 Å². The van der Waals surface area contributed by atoms with E-state index in [-0.39, 0.29) is 6.61 Å². The van der Waals surface area contributed by atoms with Crippen LogP contribution in [-0.4, -0.2) is 35.7 Å². The van der Waals surface area contributed by atoms with Gasteiger partial charge in [-0.1, -0.05) is 44.2 Å². The Kier molecular flexibility index (Phi) is 4.41. The molecule has 1 fully saturated rings. The van der Waals surface area contributed by atoms with Gasteiger partial charge in [0.25, 0.3) is 0 Å². The highest BCUT2D eigenvalue weighted by molar-refractivity contribution is 5.16. The summed E-state index contributed by atoms with van der Waals surface area (Å²) in [4.78, 5) is 2.44. The van der Waals surface area contributed by atoms with Crippen LogP contribution in [0.3, 0.4) is 0 Å². The molecule has 1 aromatic carbocycles. The molecule has 2 rings (SSSR count). The highest BCUT2D eigenvalue weighted by Crippen LogP contribution is 2.38. The molecule has 1 N–H and O–H groups in total. The number of hydrogen-bond donors (Lipinski definition) is 1. The van der Waals surface area contributed by atoms with Crippen molar-refractivity contribution in [1.29, 1.82) is 0 Å². The molecule has 0 saturated carbocycles. The van der Waals surface area contributed by atoms with Gasteiger partial charge in [-0.3, -0.25) is 4.90 Å². The van der Waals surface area contributed by atoms with Crippen LogP contribution < -0.4 is 0 Å². The van der Waals surface area contributed by atoms with Gasteiger partial charge in [0, 0.05) is 19.1 Å². The van der Waals surface area contributed by atoms with Crippen LogP contribution in [0.25, 0.3) is 0 Å². The summed E-state index contributed by atoms with van der Waals surface area (Å²) in [6.07, 6.45) is 3.47. The summed E-state index contributed by atoms with van der Waals surface area (Å²) in [6, 6.07) is 10.8. The lowest BCUT2D eigenvalue weighted by molar-refractivity contribution is -0.0504. The van der Waals surface area contributed by atoms with Crippen LogP contribution in [-0.2, 0) is 6.42 Å². The van der Waals surface area contributed by atoms with E-state index in [0.717, 1.165) is 19.5 Å². The molecule has 18 heavy (non-hydrogen) atoms. The van der Waals surface area contributed by atoms with Crippen LogP contribution in [0, 0.1) is 5.41 Å². The minimum absolute atomic E-state index is 0.262. The fourth-order valence-corrected chi connectivity index (χ4v) is 2.97. The highest BCUT2D eigenvalue weighted by atomic mass is 16.3. The Hall–Kier alpha value is -0.860. The van der Waals surface area contributed by atoms with Gasteiger partial charge < -0.3 is 5.11 Å². The molecule has 1 atom stereocenters. The molecule has 1 saturated heterocycles. The average Bonchev–Trinajstić information content (AvgIpc) is 2.38. The van der Waals surface area contributed by atoms with Crippen LogP contribution in [0.15, 0.2) is 30.3 Å². The first-order valence-corrected chi connectivity index (χ1v) is 7.12. The SMILES string of the molecule is CCC1(CC)CN([C@H](CO)Cc2ccccc2)C1. The van der Waals surface area contributed by atoms with Crippen molar-refractivity contribution in [3.05, 3.63) is 35.9 Å². The third-order valence-electron chi connectivity index (χ3n) is 4.62. The van der Waals surface area contributed by atoms with E-state index in [1.807, 2.05) is 6.07 Å². The maximum Gasteiger partial charge on any atom is 0.0590 e. The molecule has 2 heteroatoms. The predicted octanol–water partition coefficient (Wildman–Crippen LogP) is 2.71. The van der Waals surface area contributed by atoms with Gasteiger partial charge in [-0.05, 0) is 30.2 Å². The number of rotatable bonds is 6. The second-order valence-corrected chi connectivity index (χ2v) is 5.64. The van der Waals surface area contributed by atoms with Crippen molar-refractivity contribution in [3.63, 3.8) is 0 Å². The zero-order valence-electron chi connectivity index (χ0n) is 11.6. The maximum absolute atomic E-state index is 9.60. The molecule has 2 nitrogen and oxygen atoms in total. The van der Waals surface area contributed by atoms with Gasteiger partial charge >= 0.3 is 0 Å². The van der Waals surface area contributed by atoms with Crippen molar-refractivity contribution in [2.24, 2.45) is 5.41 Å². The zero-order chi connectivity index (χ0) is 13.0. The zero-order valence-corrected chi connectivity index (χ0v) is 11.6. The number of benzene rings is 1. The molecule has 1 heterocycles. The summed E-state index contributed by atoms with van der Waals surface area (Å²) in [5.41, 5.74) is 1.84. The quantitative estimate of drug-likeness (QED) is 0.835. The van der Waals surface area contributed by atoms with Gasteiger partial charge in [-0.25, -0.2) is 0 Å². The maximum atomic E-state index is 9.60. The lowest BCUT2D eigenvalue weighted by atomic mass is 9.74. The summed E-state index contributed by atoms with van der Waals surface area (Å²) in [7, 11) is 0. The van der Waals surface area contributed by atoms with Gasteiger partial charge in [0.15, 0.2) is 0 Å². The van der Waals surface area contributed by atoms with Crippen molar-refractivity contribution in [2.75, 3.05) is 19.7 Å². The van der Waals surface area contributed by atoms with Crippen LogP contribution >= 0.6 is 0 Å².